The molecule has 0 spiro atoms. The minimum atomic E-state index is -3.32. The predicted octanol–water partition coefficient (Wildman–Crippen LogP) is 3.06. The second kappa shape index (κ2) is 6.59. The van der Waals surface area contributed by atoms with Gasteiger partial charge in [0, 0.05) is 10.5 Å². The van der Waals surface area contributed by atoms with Crippen LogP contribution >= 0.6 is 11.8 Å². The third-order valence-electron chi connectivity index (χ3n) is 2.47. The van der Waals surface area contributed by atoms with E-state index >= 15 is 0 Å². The van der Waals surface area contributed by atoms with Crippen LogP contribution in [0.1, 0.15) is 25.8 Å². The molecule has 0 saturated heterocycles. The highest BCUT2D eigenvalue weighted by atomic mass is 32.2. The Hall–Kier alpha value is -0.520. The molecule has 0 saturated carbocycles. The van der Waals surface area contributed by atoms with Crippen molar-refractivity contribution in [2.45, 2.75) is 30.8 Å². The molecule has 0 fully saturated rings. The topological polar surface area (TPSA) is 43.4 Å². The maximum atomic E-state index is 10.9. The lowest BCUT2D eigenvalue weighted by molar-refractivity contribution is 0.303. The number of hydrogen-bond donors (Lipinski definition) is 0. The standard InChI is InChI=1S/C13H20O3S2/c1-13(2,9-10-16-18(3,14)15)17-11-12-7-5-4-6-8-12/h4-8H,9-11H2,1-3H3. The largest absolute Gasteiger partial charge is 0.270 e. The van der Waals surface area contributed by atoms with Gasteiger partial charge in [-0.2, -0.15) is 20.2 Å². The summed E-state index contributed by atoms with van der Waals surface area (Å²) in [5.41, 5.74) is 1.28. The zero-order valence-corrected chi connectivity index (χ0v) is 12.7. The SMILES string of the molecule is CC(C)(CCOS(C)(=O)=O)SCc1ccccc1. The van der Waals surface area contributed by atoms with E-state index < -0.39 is 10.1 Å². The van der Waals surface area contributed by atoms with Crippen LogP contribution in [0, 0.1) is 0 Å². The highest BCUT2D eigenvalue weighted by Gasteiger charge is 2.19. The Kier molecular flexibility index (Phi) is 5.69. The van der Waals surface area contributed by atoms with Crippen molar-refractivity contribution in [2.75, 3.05) is 12.9 Å². The van der Waals surface area contributed by atoms with Gasteiger partial charge in [0.25, 0.3) is 10.1 Å². The van der Waals surface area contributed by atoms with Crippen LogP contribution in [-0.2, 0) is 20.1 Å². The monoisotopic (exact) mass is 288 g/mol. The van der Waals surface area contributed by atoms with Crippen LogP contribution in [0.15, 0.2) is 30.3 Å². The van der Waals surface area contributed by atoms with Gasteiger partial charge in [-0.3, -0.25) is 4.18 Å². The van der Waals surface area contributed by atoms with E-state index in [4.69, 9.17) is 4.18 Å². The van der Waals surface area contributed by atoms with Crippen LogP contribution < -0.4 is 0 Å². The fraction of sp³-hybridized carbons (Fsp3) is 0.538. The molecule has 0 N–H and O–H groups in total. The fourth-order valence-corrected chi connectivity index (χ4v) is 2.73. The first-order chi connectivity index (χ1) is 8.29. The van der Waals surface area contributed by atoms with Gasteiger partial charge in [-0.05, 0) is 12.0 Å². The van der Waals surface area contributed by atoms with Crippen LogP contribution in [0.4, 0.5) is 0 Å². The lowest BCUT2D eigenvalue weighted by Crippen LogP contribution is -2.19. The van der Waals surface area contributed by atoms with Crippen LogP contribution in [0.5, 0.6) is 0 Å². The first kappa shape index (κ1) is 15.5. The summed E-state index contributed by atoms with van der Waals surface area (Å²) in [6.45, 7) is 4.45. The molecule has 1 aromatic rings. The Labute approximate surface area is 114 Å². The summed E-state index contributed by atoms with van der Waals surface area (Å²) in [5, 5.41) is 0. The van der Waals surface area contributed by atoms with E-state index in [9.17, 15) is 8.42 Å². The highest BCUT2D eigenvalue weighted by molar-refractivity contribution is 7.99. The molecule has 0 amide bonds. The van der Waals surface area contributed by atoms with Gasteiger partial charge in [0.15, 0.2) is 0 Å². The molecule has 3 nitrogen and oxygen atoms in total. The van der Waals surface area contributed by atoms with E-state index in [-0.39, 0.29) is 11.4 Å². The maximum Gasteiger partial charge on any atom is 0.264 e. The van der Waals surface area contributed by atoms with E-state index in [2.05, 4.69) is 26.0 Å². The van der Waals surface area contributed by atoms with Crippen molar-refractivity contribution >= 4 is 21.9 Å². The second-order valence-electron chi connectivity index (χ2n) is 4.81. The van der Waals surface area contributed by atoms with Crippen molar-refractivity contribution in [1.82, 2.24) is 0 Å². The molecule has 0 atom stereocenters. The summed E-state index contributed by atoms with van der Waals surface area (Å²) in [4.78, 5) is 0. The Bertz CT molecular complexity index is 452. The lowest BCUT2D eigenvalue weighted by Gasteiger charge is -2.23. The number of benzene rings is 1. The zero-order valence-electron chi connectivity index (χ0n) is 11.0. The molecule has 0 radical (unpaired) electrons. The van der Waals surface area contributed by atoms with Crippen molar-refractivity contribution in [3.05, 3.63) is 35.9 Å². The predicted molar refractivity (Wildman–Crippen MR) is 77.2 cm³/mol. The van der Waals surface area contributed by atoms with Gasteiger partial charge >= 0.3 is 0 Å². The molecule has 0 aliphatic heterocycles. The molecule has 0 aliphatic rings. The van der Waals surface area contributed by atoms with Crippen molar-refractivity contribution in [3.63, 3.8) is 0 Å². The van der Waals surface area contributed by atoms with Crippen molar-refractivity contribution in [3.8, 4) is 0 Å². The summed E-state index contributed by atoms with van der Waals surface area (Å²) < 4.78 is 26.5. The molecular formula is C13H20O3S2. The normalized spacial score (nSPS) is 12.6. The van der Waals surface area contributed by atoms with Gasteiger partial charge in [0.05, 0.1) is 12.9 Å². The third-order valence-corrected chi connectivity index (χ3v) is 4.53. The first-order valence-corrected chi connectivity index (χ1v) is 8.61. The first-order valence-electron chi connectivity index (χ1n) is 5.81. The third kappa shape index (κ3) is 7.03. The Morgan fingerprint density at radius 1 is 1.22 bits per heavy atom. The number of thioether (sulfide) groups is 1. The zero-order chi connectivity index (χ0) is 13.6. The van der Waals surface area contributed by atoms with Crippen molar-refractivity contribution in [2.24, 2.45) is 0 Å². The van der Waals surface area contributed by atoms with Gasteiger partial charge in [-0.25, -0.2) is 0 Å². The van der Waals surface area contributed by atoms with Crippen LogP contribution in [0.2, 0.25) is 0 Å². The molecule has 1 aromatic carbocycles. The van der Waals surface area contributed by atoms with Crippen molar-refractivity contribution in [1.29, 1.82) is 0 Å². The smallest absolute Gasteiger partial charge is 0.264 e. The van der Waals surface area contributed by atoms with Gasteiger partial charge in [0.2, 0.25) is 0 Å². The van der Waals surface area contributed by atoms with Crippen LogP contribution in [0.25, 0.3) is 0 Å². The summed E-state index contributed by atoms with van der Waals surface area (Å²) in [7, 11) is -3.32. The van der Waals surface area contributed by atoms with Crippen molar-refractivity contribution < 1.29 is 12.6 Å². The van der Waals surface area contributed by atoms with Gasteiger partial charge < -0.3 is 0 Å². The average molecular weight is 288 g/mol. The lowest BCUT2D eigenvalue weighted by atomic mass is 10.1. The molecular weight excluding hydrogens is 268 g/mol. The Morgan fingerprint density at radius 3 is 2.39 bits per heavy atom. The average Bonchev–Trinajstić information content (AvgIpc) is 2.26. The summed E-state index contributed by atoms with van der Waals surface area (Å²) in [6, 6.07) is 10.2. The minimum absolute atomic E-state index is 0.000527. The molecule has 0 aliphatic carbocycles. The molecule has 102 valence electrons. The molecule has 0 heterocycles. The van der Waals surface area contributed by atoms with Gasteiger partial charge in [-0.1, -0.05) is 44.2 Å². The van der Waals surface area contributed by atoms with Gasteiger partial charge in [-0.15, -0.1) is 0 Å². The molecule has 0 bridgehead atoms. The summed E-state index contributed by atoms with van der Waals surface area (Å²) in [5.74, 6) is 0.923. The fourth-order valence-electron chi connectivity index (χ4n) is 1.36. The number of rotatable bonds is 7. The Balaban J connectivity index is 2.36. The molecule has 18 heavy (non-hydrogen) atoms. The van der Waals surface area contributed by atoms with Crippen LogP contribution in [-0.4, -0.2) is 26.0 Å². The van der Waals surface area contributed by atoms with E-state index in [1.165, 1.54) is 5.56 Å². The molecule has 5 heteroatoms. The second-order valence-corrected chi connectivity index (χ2v) is 8.14. The van der Waals surface area contributed by atoms with E-state index in [0.29, 0.717) is 6.42 Å². The Morgan fingerprint density at radius 2 is 1.83 bits per heavy atom. The quantitative estimate of drug-likeness (QED) is 0.723. The van der Waals surface area contributed by atoms with E-state index in [0.717, 1.165) is 12.0 Å². The molecule has 0 unspecified atom stereocenters. The molecule has 0 aromatic heterocycles. The summed E-state index contributed by atoms with van der Waals surface area (Å²) in [6.07, 6.45) is 1.79. The maximum absolute atomic E-state index is 10.9. The van der Waals surface area contributed by atoms with Gasteiger partial charge in [0.1, 0.15) is 0 Å². The summed E-state index contributed by atoms with van der Waals surface area (Å²) >= 11 is 1.81. The minimum Gasteiger partial charge on any atom is -0.270 e. The molecule has 1 rings (SSSR count). The van der Waals surface area contributed by atoms with E-state index in [1.54, 1.807) is 0 Å². The number of hydrogen-bond acceptors (Lipinski definition) is 4. The van der Waals surface area contributed by atoms with E-state index in [1.807, 2.05) is 30.0 Å². The van der Waals surface area contributed by atoms with Crippen LogP contribution in [0.3, 0.4) is 0 Å². The highest BCUT2D eigenvalue weighted by Crippen LogP contribution is 2.31.